The second-order valence-corrected chi connectivity index (χ2v) is 6.53. The van der Waals surface area contributed by atoms with Crippen LogP contribution < -0.4 is 5.32 Å². The highest BCUT2D eigenvalue weighted by Gasteiger charge is 2.27. The molecule has 122 valence electrons. The van der Waals surface area contributed by atoms with Crippen molar-refractivity contribution in [3.05, 3.63) is 23.2 Å². The van der Waals surface area contributed by atoms with Gasteiger partial charge < -0.3 is 9.73 Å². The van der Waals surface area contributed by atoms with Gasteiger partial charge in [-0.2, -0.15) is 13.2 Å². The molecule has 0 aliphatic rings. The van der Waals surface area contributed by atoms with Gasteiger partial charge in [-0.1, -0.05) is 0 Å². The summed E-state index contributed by atoms with van der Waals surface area (Å²) in [5, 5.41) is 3.33. The van der Waals surface area contributed by atoms with Crippen molar-refractivity contribution in [2.45, 2.75) is 58.9 Å². The van der Waals surface area contributed by atoms with Gasteiger partial charge in [0.1, 0.15) is 11.5 Å². The van der Waals surface area contributed by atoms with E-state index in [1.54, 1.807) is 11.9 Å². The number of alkyl halides is 3. The number of hydrogen-bond acceptors (Lipinski definition) is 3. The van der Waals surface area contributed by atoms with Gasteiger partial charge in [0.25, 0.3) is 0 Å². The zero-order valence-corrected chi connectivity index (χ0v) is 13.4. The zero-order valence-electron chi connectivity index (χ0n) is 13.4. The lowest BCUT2D eigenvalue weighted by Gasteiger charge is -2.19. The van der Waals surface area contributed by atoms with Crippen molar-refractivity contribution in [1.82, 2.24) is 10.2 Å². The van der Waals surface area contributed by atoms with Gasteiger partial charge in [-0.15, -0.1) is 0 Å². The van der Waals surface area contributed by atoms with E-state index < -0.39 is 12.6 Å². The fourth-order valence-electron chi connectivity index (χ4n) is 1.85. The summed E-state index contributed by atoms with van der Waals surface area (Å²) >= 11 is 0. The Hall–Kier alpha value is -1.01. The van der Waals surface area contributed by atoms with Crippen LogP contribution in [0.5, 0.6) is 0 Å². The molecule has 0 unspecified atom stereocenters. The summed E-state index contributed by atoms with van der Waals surface area (Å²) in [6.07, 6.45) is -4.92. The first-order valence-corrected chi connectivity index (χ1v) is 7.05. The highest BCUT2D eigenvalue weighted by atomic mass is 19.4. The molecule has 0 bridgehead atoms. The molecule has 0 atom stereocenters. The molecule has 6 heteroatoms. The molecule has 1 aromatic heterocycles. The van der Waals surface area contributed by atoms with Crippen molar-refractivity contribution >= 4 is 0 Å². The zero-order chi connectivity index (χ0) is 16.3. The molecule has 0 aliphatic heterocycles. The van der Waals surface area contributed by atoms with Gasteiger partial charge in [-0.3, -0.25) is 4.90 Å². The average molecular weight is 306 g/mol. The molecule has 1 rings (SSSR count). The maximum Gasteiger partial charge on any atom is 0.390 e. The number of aryl methyl sites for hydroxylation is 1. The molecule has 1 N–H and O–H groups in total. The van der Waals surface area contributed by atoms with Crippen molar-refractivity contribution in [1.29, 1.82) is 0 Å². The first kappa shape index (κ1) is 18.0. The minimum Gasteiger partial charge on any atom is -0.463 e. The molecule has 0 saturated heterocycles. The molecule has 1 aromatic rings. The molecule has 21 heavy (non-hydrogen) atoms. The lowest BCUT2D eigenvalue weighted by Crippen LogP contribution is -2.35. The van der Waals surface area contributed by atoms with Crippen LogP contribution in [0, 0.1) is 6.92 Å². The Morgan fingerprint density at radius 1 is 1.24 bits per heavy atom. The average Bonchev–Trinajstić information content (AvgIpc) is 2.62. The van der Waals surface area contributed by atoms with E-state index in [-0.39, 0.29) is 12.1 Å². The van der Waals surface area contributed by atoms with Crippen molar-refractivity contribution in [3.8, 4) is 0 Å². The van der Waals surface area contributed by atoms with E-state index in [1.807, 2.05) is 13.0 Å². The molecule has 0 aromatic carbocycles. The summed E-state index contributed by atoms with van der Waals surface area (Å²) < 4.78 is 42.3. The third-order valence-electron chi connectivity index (χ3n) is 3.05. The second kappa shape index (κ2) is 6.83. The molecule has 0 aliphatic carbocycles. The van der Waals surface area contributed by atoms with Gasteiger partial charge in [0.05, 0.1) is 19.5 Å². The molecule has 3 nitrogen and oxygen atoms in total. The van der Waals surface area contributed by atoms with Gasteiger partial charge in [-0.25, -0.2) is 0 Å². The quantitative estimate of drug-likeness (QED) is 0.865. The van der Waals surface area contributed by atoms with Crippen molar-refractivity contribution < 1.29 is 17.6 Å². The van der Waals surface area contributed by atoms with Crippen LogP contribution in [0.2, 0.25) is 0 Å². The summed E-state index contributed by atoms with van der Waals surface area (Å²) in [7, 11) is 1.66. The van der Waals surface area contributed by atoms with E-state index in [0.717, 1.165) is 11.3 Å². The van der Waals surface area contributed by atoms with Crippen molar-refractivity contribution in [3.63, 3.8) is 0 Å². The molecule has 0 amide bonds. The summed E-state index contributed by atoms with van der Waals surface area (Å²) in [5.41, 5.74) is 1.01. The van der Waals surface area contributed by atoms with Crippen LogP contribution in [-0.4, -0.2) is 30.2 Å². The third kappa shape index (κ3) is 7.52. The van der Waals surface area contributed by atoms with Crippen molar-refractivity contribution in [2.75, 3.05) is 13.6 Å². The topological polar surface area (TPSA) is 28.4 Å². The van der Waals surface area contributed by atoms with E-state index >= 15 is 0 Å². The molecule has 0 radical (unpaired) electrons. The monoisotopic (exact) mass is 306 g/mol. The lowest BCUT2D eigenvalue weighted by molar-refractivity contribution is -0.137. The van der Waals surface area contributed by atoms with Crippen LogP contribution in [0.3, 0.4) is 0 Å². The van der Waals surface area contributed by atoms with Crippen LogP contribution in [0.15, 0.2) is 10.5 Å². The number of nitrogens with one attached hydrogen (secondary N) is 1. The fraction of sp³-hybridized carbons (Fsp3) is 0.733. The summed E-state index contributed by atoms with van der Waals surface area (Å²) in [5.74, 6) is 1.53. The maximum atomic E-state index is 12.2. The molecule has 1 heterocycles. The Balaban J connectivity index is 2.53. The van der Waals surface area contributed by atoms with Gasteiger partial charge in [-0.05, 0) is 46.4 Å². The largest absolute Gasteiger partial charge is 0.463 e. The first-order valence-electron chi connectivity index (χ1n) is 7.05. The van der Waals surface area contributed by atoms with E-state index in [4.69, 9.17) is 4.42 Å². The SMILES string of the molecule is Cc1cc(CN(C)CCC(F)(F)F)oc1CNC(C)(C)C. The van der Waals surface area contributed by atoms with Crippen LogP contribution in [0.4, 0.5) is 13.2 Å². The Labute approximate surface area is 124 Å². The minimum atomic E-state index is -4.12. The molecule has 0 fully saturated rings. The van der Waals surface area contributed by atoms with E-state index in [1.165, 1.54) is 0 Å². The Morgan fingerprint density at radius 3 is 2.38 bits per heavy atom. The summed E-state index contributed by atoms with van der Waals surface area (Å²) in [4.78, 5) is 1.62. The molecular weight excluding hydrogens is 281 g/mol. The highest BCUT2D eigenvalue weighted by molar-refractivity contribution is 5.20. The van der Waals surface area contributed by atoms with E-state index in [0.29, 0.717) is 18.8 Å². The molecular formula is C15H25F3N2O. The highest BCUT2D eigenvalue weighted by Crippen LogP contribution is 2.21. The van der Waals surface area contributed by atoms with Gasteiger partial charge in [0, 0.05) is 12.1 Å². The molecule has 0 spiro atoms. The maximum absolute atomic E-state index is 12.2. The van der Waals surface area contributed by atoms with E-state index in [2.05, 4.69) is 26.1 Å². The number of nitrogens with zero attached hydrogens (tertiary/aromatic N) is 1. The Morgan fingerprint density at radius 2 is 1.86 bits per heavy atom. The Bertz CT molecular complexity index is 447. The van der Waals surface area contributed by atoms with Crippen molar-refractivity contribution in [2.24, 2.45) is 0 Å². The van der Waals surface area contributed by atoms with Gasteiger partial charge in [0.15, 0.2) is 0 Å². The predicted molar refractivity (Wildman–Crippen MR) is 77.0 cm³/mol. The number of halogens is 3. The lowest BCUT2D eigenvalue weighted by atomic mass is 10.1. The predicted octanol–water partition coefficient (Wildman–Crippen LogP) is 3.86. The van der Waals surface area contributed by atoms with Gasteiger partial charge in [0.2, 0.25) is 0 Å². The number of rotatable bonds is 6. The van der Waals surface area contributed by atoms with Crippen LogP contribution >= 0.6 is 0 Å². The summed E-state index contributed by atoms with van der Waals surface area (Å²) in [6, 6.07) is 1.89. The van der Waals surface area contributed by atoms with Crippen LogP contribution in [0.1, 0.15) is 44.3 Å². The van der Waals surface area contributed by atoms with E-state index in [9.17, 15) is 13.2 Å². The smallest absolute Gasteiger partial charge is 0.390 e. The second-order valence-electron chi connectivity index (χ2n) is 6.53. The van der Waals surface area contributed by atoms with Crippen LogP contribution in [-0.2, 0) is 13.1 Å². The minimum absolute atomic E-state index is 0.0110. The molecule has 0 saturated carbocycles. The first-order chi connectivity index (χ1) is 9.46. The normalized spacial score (nSPS) is 13.2. The summed E-state index contributed by atoms with van der Waals surface area (Å²) in [6.45, 7) is 9.11. The Kier molecular flexibility index (Phi) is 5.87. The van der Waals surface area contributed by atoms with Gasteiger partial charge >= 0.3 is 6.18 Å². The third-order valence-corrected chi connectivity index (χ3v) is 3.05. The van der Waals surface area contributed by atoms with Crippen LogP contribution in [0.25, 0.3) is 0 Å². The fourth-order valence-corrected chi connectivity index (χ4v) is 1.85. The number of furan rings is 1. The standard InChI is InChI=1S/C15H25F3N2O/c1-11-8-12(10-20(5)7-6-15(16,17)18)21-13(11)9-19-14(2,3)4/h8,19H,6-7,9-10H2,1-5H3. The number of hydrogen-bond donors (Lipinski definition) is 1.